The molecule has 1 aliphatic heterocycles. The van der Waals surface area contributed by atoms with Crippen LogP contribution in [0.25, 0.3) is 0 Å². The predicted octanol–water partition coefficient (Wildman–Crippen LogP) is 2.57. The molecule has 5 nitrogen and oxygen atoms in total. The Morgan fingerprint density at radius 3 is 2.33 bits per heavy atom. The Balaban J connectivity index is 0.00000288. The average molecular weight is 374 g/mol. The van der Waals surface area contributed by atoms with Gasteiger partial charge in [-0.3, -0.25) is 9.59 Å². The molecule has 136 valence electrons. The third kappa shape index (κ3) is 5.19. The Bertz CT molecular complexity index is 575. The summed E-state index contributed by atoms with van der Waals surface area (Å²) in [6.07, 6.45) is 1.55. The van der Waals surface area contributed by atoms with Crippen molar-refractivity contribution in [1.82, 2.24) is 10.2 Å². The van der Waals surface area contributed by atoms with Crippen LogP contribution in [0.1, 0.15) is 48.2 Å². The van der Waals surface area contributed by atoms with E-state index in [0.29, 0.717) is 13.1 Å². The monoisotopic (exact) mass is 373 g/mol. The van der Waals surface area contributed by atoms with Gasteiger partial charge < -0.3 is 16.0 Å². The zero-order valence-electron chi connectivity index (χ0n) is 14.8. The van der Waals surface area contributed by atoms with Crippen LogP contribution in [0, 0.1) is 12.3 Å². The maximum atomic E-state index is 12.4. The molecule has 0 radical (unpaired) electrons. The number of aryl methyl sites for hydroxylation is 1. The zero-order chi connectivity index (χ0) is 17.2. The van der Waals surface area contributed by atoms with E-state index >= 15 is 0 Å². The first-order valence-corrected chi connectivity index (χ1v) is 8.92. The van der Waals surface area contributed by atoms with Gasteiger partial charge in [-0.1, -0.05) is 20.8 Å². The van der Waals surface area contributed by atoms with Crippen LogP contribution >= 0.6 is 23.7 Å². The SMILES string of the molecule is Cc1ccc(C(=O)NC2CCN(C(=O)[C@@H](N)C(C)(C)C)CC2)s1.Cl. The third-order valence-corrected chi connectivity index (χ3v) is 5.30. The highest BCUT2D eigenvalue weighted by atomic mass is 35.5. The van der Waals surface area contributed by atoms with E-state index in [9.17, 15) is 9.59 Å². The third-order valence-electron chi connectivity index (χ3n) is 4.31. The molecule has 0 aliphatic carbocycles. The Morgan fingerprint density at radius 1 is 1.29 bits per heavy atom. The van der Waals surface area contributed by atoms with Crippen molar-refractivity contribution in [2.24, 2.45) is 11.1 Å². The van der Waals surface area contributed by atoms with Crippen LogP contribution in [-0.2, 0) is 4.79 Å². The Kier molecular flexibility index (Phi) is 7.25. The maximum Gasteiger partial charge on any atom is 0.261 e. The molecule has 1 fully saturated rings. The van der Waals surface area contributed by atoms with E-state index in [0.717, 1.165) is 22.6 Å². The van der Waals surface area contributed by atoms with Crippen molar-refractivity contribution in [3.8, 4) is 0 Å². The molecule has 2 heterocycles. The summed E-state index contributed by atoms with van der Waals surface area (Å²) >= 11 is 1.50. The number of nitrogens with one attached hydrogen (secondary N) is 1. The number of nitrogens with two attached hydrogens (primary N) is 1. The Morgan fingerprint density at radius 2 is 1.88 bits per heavy atom. The van der Waals surface area contributed by atoms with Gasteiger partial charge in [0.15, 0.2) is 0 Å². The average Bonchev–Trinajstić information content (AvgIpc) is 2.92. The Hall–Kier alpha value is -1.11. The van der Waals surface area contributed by atoms with Gasteiger partial charge in [-0.25, -0.2) is 0 Å². The first-order valence-electron chi connectivity index (χ1n) is 8.10. The predicted molar refractivity (Wildman–Crippen MR) is 101 cm³/mol. The minimum atomic E-state index is -0.484. The highest BCUT2D eigenvalue weighted by molar-refractivity contribution is 7.13. The summed E-state index contributed by atoms with van der Waals surface area (Å²) in [6, 6.07) is 3.45. The van der Waals surface area contributed by atoms with Crippen LogP contribution in [-0.4, -0.2) is 41.9 Å². The van der Waals surface area contributed by atoms with Gasteiger partial charge in [0.25, 0.3) is 5.91 Å². The molecule has 0 spiro atoms. The Labute approximate surface area is 154 Å². The number of piperidine rings is 1. The molecule has 0 aromatic carbocycles. The van der Waals surface area contributed by atoms with Gasteiger partial charge >= 0.3 is 0 Å². The van der Waals surface area contributed by atoms with Crippen molar-refractivity contribution in [1.29, 1.82) is 0 Å². The number of nitrogens with zero attached hydrogens (tertiary/aromatic N) is 1. The van der Waals surface area contributed by atoms with E-state index in [4.69, 9.17) is 5.73 Å². The largest absolute Gasteiger partial charge is 0.348 e. The fourth-order valence-electron chi connectivity index (χ4n) is 2.62. The van der Waals surface area contributed by atoms with Crippen molar-refractivity contribution in [3.05, 3.63) is 21.9 Å². The molecule has 0 bridgehead atoms. The van der Waals surface area contributed by atoms with Crippen LogP contribution in [0.2, 0.25) is 0 Å². The number of thiophene rings is 1. The van der Waals surface area contributed by atoms with Gasteiger partial charge in [0.2, 0.25) is 5.91 Å². The quantitative estimate of drug-likeness (QED) is 0.854. The molecule has 1 aromatic rings. The number of rotatable bonds is 3. The molecule has 7 heteroatoms. The molecule has 2 amide bonds. The number of carbonyl (C=O) groups excluding carboxylic acids is 2. The topological polar surface area (TPSA) is 75.4 Å². The molecule has 3 N–H and O–H groups in total. The minimum absolute atomic E-state index is 0. The summed E-state index contributed by atoms with van der Waals surface area (Å²) in [5.41, 5.74) is 5.82. The van der Waals surface area contributed by atoms with Crippen molar-refractivity contribution in [2.75, 3.05) is 13.1 Å². The molecule has 24 heavy (non-hydrogen) atoms. The van der Waals surface area contributed by atoms with Gasteiger partial charge in [0, 0.05) is 24.0 Å². The van der Waals surface area contributed by atoms with Crippen molar-refractivity contribution < 1.29 is 9.59 Å². The number of hydrogen-bond acceptors (Lipinski definition) is 4. The highest BCUT2D eigenvalue weighted by Gasteiger charge is 2.33. The molecule has 2 rings (SSSR count). The van der Waals surface area contributed by atoms with Gasteiger partial charge in [0.05, 0.1) is 10.9 Å². The molecule has 1 aliphatic rings. The second-order valence-corrected chi connectivity index (χ2v) is 8.61. The first kappa shape index (κ1) is 20.9. The summed E-state index contributed by atoms with van der Waals surface area (Å²) < 4.78 is 0. The first-order chi connectivity index (χ1) is 10.7. The van der Waals surface area contributed by atoms with E-state index in [2.05, 4.69) is 5.32 Å². The number of halogens is 1. The maximum absolute atomic E-state index is 12.4. The standard InChI is InChI=1S/C17H27N3O2S.ClH/c1-11-5-6-13(23-11)15(21)19-12-7-9-20(10-8-12)16(22)14(18)17(2,3)4;/h5-6,12,14H,7-10,18H2,1-4H3,(H,19,21);1H/t14-;/m1./s1. The molecular weight excluding hydrogens is 346 g/mol. The molecule has 1 aromatic heterocycles. The lowest BCUT2D eigenvalue weighted by Gasteiger charge is -2.36. The number of carbonyl (C=O) groups is 2. The van der Waals surface area contributed by atoms with Crippen molar-refractivity contribution >= 4 is 35.6 Å². The molecule has 1 atom stereocenters. The van der Waals surface area contributed by atoms with Gasteiger partial charge in [0.1, 0.15) is 0 Å². The number of likely N-dealkylation sites (tertiary alicyclic amines) is 1. The lowest BCUT2D eigenvalue weighted by Crippen LogP contribution is -2.54. The molecular formula is C17H28ClN3O2S. The summed E-state index contributed by atoms with van der Waals surface area (Å²) in [5.74, 6) is -0.00423. The van der Waals surface area contributed by atoms with Crippen molar-refractivity contribution in [3.63, 3.8) is 0 Å². The van der Waals surface area contributed by atoms with Gasteiger partial charge in [-0.2, -0.15) is 0 Å². The molecule has 0 unspecified atom stereocenters. The van der Waals surface area contributed by atoms with Crippen LogP contribution in [0.4, 0.5) is 0 Å². The van der Waals surface area contributed by atoms with Crippen LogP contribution in [0.15, 0.2) is 12.1 Å². The van der Waals surface area contributed by atoms with E-state index in [1.54, 1.807) is 0 Å². The van der Waals surface area contributed by atoms with Gasteiger partial charge in [-0.05, 0) is 37.3 Å². The number of amides is 2. The lowest BCUT2D eigenvalue weighted by atomic mass is 9.86. The minimum Gasteiger partial charge on any atom is -0.348 e. The molecule has 0 saturated carbocycles. The normalized spacial score (nSPS) is 17.1. The highest BCUT2D eigenvalue weighted by Crippen LogP contribution is 2.21. The fourth-order valence-corrected chi connectivity index (χ4v) is 3.40. The van der Waals surface area contributed by atoms with E-state index in [1.165, 1.54) is 11.3 Å². The van der Waals surface area contributed by atoms with E-state index < -0.39 is 6.04 Å². The smallest absolute Gasteiger partial charge is 0.261 e. The molecule has 1 saturated heterocycles. The number of hydrogen-bond donors (Lipinski definition) is 2. The lowest BCUT2D eigenvalue weighted by molar-refractivity contribution is -0.136. The van der Waals surface area contributed by atoms with Crippen molar-refractivity contribution in [2.45, 2.75) is 52.6 Å². The van der Waals surface area contributed by atoms with Crippen LogP contribution < -0.4 is 11.1 Å². The summed E-state index contributed by atoms with van der Waals surface area (Å²) in [7, 11) is 0. The van der Waals surface area contributed by atoms with Gasteiger partial charge in [-0.15, -0.1) is 23.7 Å². The van der Waals surface area contributed by atoms with Crippen LogP contribution in [0.5, 0.6) is 0 Å². The second-order valence-electron chi connectivity index (χ2n) is 7.33. The second kappa shape index (κ2) is 8.32. The summed E-state index contributed by atoms with van der Waals surface area (Å²) in [4.78, 5) is 28.3. The zero-order valence-corrected chi connectivity index (χ0v) is 16.4. The van der Waals surface area contributed by atoms with Crippen LogP contribution in [0.3, 0.4) is 0 Å². The van der Waals surface area contributed by atoms with E-state index in [1.807, 2.05) is 44.7 Å². The summed E-state index contributed by atoms with van der Waals surface area (Å²) in [5, 5.41) is 3.07. The van der Waals surface area contributed by atoms with E-state index in [-0.39, 0.29) is 35.7 Å². The fraction of sp³-hybridized carbons (Fsp3) is 0.647. The summed E-state index contributed by atoms with van der Waals surface area (Å²) in [6.45, 7) is 9.22.